The third kappa shape index (κ3) is 5.82. The zero-order valence-electron chi connectivity index (χ0n) is 20.5. The molecular formula is C27H30ClFN2O5. The Balaban J connectivity index is 1.25. The number of amides is 2. The highest BCUT2D eigenvalue weighted by Crippen LogP contribution is 2.47. The molecular weight excluding hydrogens is 487 g/mol. The molecule has 1 atom stereocenters. The summed E-state index contributed by atoms with van der Waals surface area (Å²) in [5.74, 6) is -0.584. The van der Waals surface area contributed by atoms with Gasteiger partial charge in [0, 0.05) is 18.2 Å². The largest absolute Gasteiger partial charge is 0.484 e. The van der Waals surface area contributed by atoms with Crippen LogP contribution in [0.15, 0.2) is 53.7 Å². The van der Waals surface area contributed by atoms with Crippen LogP contribution in [0.25, 0.3) is 0 Å². The average molecular weight is 517 g/mol. The van der Waals surface area contributed by atoms with Crippen LogP contribution in [0.2, 0.25) is 5.02 Å². The molecule has 3 aliphatic carbocycles. The zero-order valence-corrected chi connectivity index (χ0v) is 21.2. The SMILES string of the molecule is CC(C)(C)c1ccc(OCC(=O)NC23CC(=C(NC(=O)COc4ccc(Cl)c(F)c4)C[C@@H]2O)C3)cc1. The van der Waals surface area contributed by atoms with Gasteiger partial charge < -0.3 is 25.2 Å². The molecule has 0 heterocycles. The first-order valence-corrected chi connectivity index (χ1v) is 12.1. The second-order valence-corrected chi connectivity index (χ2v) is 10.7. The third-order valence-electron chi connectivity index (χ3n) is 6.55. The van der Waals surface area contributed by atoms with Crippen molar-refractivity contribution in [1.29, 1.82) is 0 Å². The summed E-state index contributed by atoms with van der Waals surface area (Å²) in [4.78, 5) is 24.8. The van der Waals surface area contributed by atoms with Gasteiger partial charge in [0.25, 0.3) is 11.8 Å². The van der Waals surface area contributed by atoms with Gasteiger partial charge >= 0.3 is 0 Å². The van der Waals surface area contributed by atoms with Crippen molar-refractivity contribution in [2.24, 2.45) is 0 Å². The summed E-state index contributed by atoms with van der Waals surface area (Å²) in [5.41, 5.74) is 2.04. The highest BCUT2D eigenvalue weighted by molar-refractivity contribution is 6.30. The van der Waals surface area contributed by atoms with E-state index in [1.54, 1.807) is 0 Å². The zero-order chi connectivity index (χ0) is 26.1. The molecule has 0 radical (unpaired) electrons. The molecule has 2 aromatic carbocycles. The van der Waals surface area contributed by atoms with Crippen molar-refractivity contribution in [3.8, 4) is 11.5 Å². The number of ether oxygens (including phenoxy) is 2. The molecule has 192 valence electrons. The fraction of sp³-hybridized carbons (Fsp3) is 0.407. The minimum absolute atomic E-state index is 0.0307. The summed E-state index contributed by atoms with van der Waals surface area (Å²) < 4.78 is 24.4. The lowest BCUT2D eigenvalue weighted by molar-refractivity contribution is -0.129. The normalized spacial score (nSPS) is 20.9. The Morgan fingerprint density at radius 2 is 1.67 bits per heavy atom. The van der Waals surface area contributed by atoms with Gasteiger partial charge in [0.2, 0.25) is 0 Å². The number of halogens is 2. The molecule has 36 heavy (non-hydrogen) atoms. The minimum Gasteiger partial charge on any atom is -0.484 e. The molecule has 2 bridgehead atoms. The van der Waals surface area contributed by atoms with Gasteiger partial charge in [-0.15, -0.1) is 0 Å². The number of carbonyl (C=O) groups is 2. The second-order valence-electron chi connectivity index (χ2n) is 10.3. The summed E-state index contributed by atoms with van der Waals surface area (Å²) in [5, 5.41) is 16.4. The van der Waals surface area contributed by atoms with E-state index in [1.165, 1.54) is 17.7 Å². The van der Waals surface area contributed by atoms with Gasteiger partial charge in [0.05, 0.1) is 16.7 Å². The number of carbonyl (C=O) groups excluding carboxylic acids is 2. The van der Waals surface area contributed by atoms with Crippen LogP contribution in [0, 0.1) is 5.82 Å². The Kier molecular flexibility index (Phi) is 7.29. The van der Waals surface area contributed by atoms with Gasteiger partial charge in [0.15, 0.2) is 13.2 Å². The highest BCUT2D eigenvalue weighted by atomic mass is 35.5. The number of aliphatic hydroxyl groups is 1. The van der Waals surface area contributed by atoms with Crippen LogP contribution in [0.1, 0.15) is 45.6 Å². The molecule has 1 fully saturated rings. The number of benzene rings is 2. The molecule has 0 spiro atoms. The molecule has 0 aliphatic heterocycles. The summed E-state index contributed by atoms with van der Waals surface area (Å²) in [6.45, 7) is 5.90. The monoisotopic (exact) mass is 516 g/mol. The van der Waals surface area contributed by atoms with Crippen LogP contribution in [0.5, 0.6) is 11.5 Å². The van der Waals surface area contributed by atoms with E-state index in [2.05, 4.69) is 31.4 Å². The molecule has 2 aromatic rings. The minimum atomic E-state index is -0.855. The predicted octanol–water partition coefficient (Wildman–Crippen LogP) is 4.02. The van der Waals surface area contributed by atoms with Gasteiger partial charge in [-0.1, -0.05) is 44.5 Å². The Labute approximate surface area is 214 Å². The maximum Gasteiger partial charge on any atom is 0.262 e. The highest BCUT2D eigenvalue weighted by Gasteiger charge is 2.52. The van der Waals surface area contributed by atoms with Crippen molar-refractivity contribution < 1.29 is 28.6 Å². The van der Waals surface area contributed by atoms with Crippen molar-refractivity contribution in [1.82, 2.24) is 10.6 Å². The van der Waals surface area contributed by atoms with Gasteiger partial charge in [-0.2, -0.15) is 0 Å². The van der Waals surface area contributed by atoms with E-state index in [0.717, 1.165) is 11.6 Å². The first kappa shape index (κ1) is 26.0. The van der Waals surface area contributed by atoms with Gasteiger partial charge in [0.1, 0.15) is 17.3 Å². The maximum absolute atomic E-state index is 13.5. The van der Waals surface area contributed by atoms with Gasteiger partial charge in [-0.3, -0.25) is 9.59 Å². The third-order valence-corrected chi connectivity index (χ3v) is 6.86. The average Bonchev–Trinajstić information content (AvgIpc) is 2.79. The molecule has 3 N–H and O–H groups in total. The van der Waals surface area contributed by atoms with Crippen LogP contribution in [-0.4, -0.2) is 41.8 Å². The summed E-state index contributed by atoms with van der Waals surface area (Å²) in [7, 11) is 0. The molecule has 1 saturated carbocycles. The van der Waals surface area contributed by atoms with Gasteiger partial charge in [-0.25, -0.2) is 4.39 Å². The topological polar surface area (TPSA) is 96.9 Å². The molecule has 7 nitrogen and oxygen atoms in total. The van der Waals surface area contributed by atoms with E-state index in [0.29, 0.717) is 24.3 Å². The van der Waals surface area contributed by atoms with Crippen LogP contribution < -0.4 is 20.1 Å². The summed E-state index contributed by atoms with van der Waals surface area (Å²) in [6.07, 6.45) is 0.232. The van der Waals surface area contributed by atoms with Crippen LogP contribution in [0.4, 0.5) is 4.39 Å². The fourth-order valence-electron chi connectivity index (χ4n) is 4.44. The Bertz CT molecular complexity index is 1180. The number of aliphatic hydroxyl groups excluding tert-OH is 1. The fourth-order valence-corrected chi connectivity index (χ4v) is 4.55. The molecule has 5 rings (SSSR count). The number of nitrogens with one attached hydrogen (secondary N) is 2. The van der Waals surface area contributed by atoms with Crippen molar-refractivity contribution in [3.05, 3.63) is 70.1 Å². The number of hydrogen-bond donors (Lipinski definition) is 3. The summed E-state index contributed by atoms with van der Waals surface area (Å²) >= 11 is 5.64. The Morgan fingerprint density at radius 3 is 2.28 bits per heavy atom. The first-order valence-electron chi connectivity index (χ1n) is 11.8. The molecule has 0 saturated heterocycles. The standard InChI is InChI=1S/C27H30ClFN2O5/c1-26(2,3)17-4-6-18(7-5-17)35-15-25(34)31-27-12-16(13-27)22(11-23(27)32)30-24(33)14-36-19-8-9-20(28)21(29)10-19/h4-10,23,32H,11-15H2,1-3H3,(H,30,33)(H,31,34)/t23-/m0/s1. The first-order chi connectivity index (χ1) is 16.9. The number of rotatable bonds is 8. The number of hydrogen-bond acceptors (Lipinski definition) is 5. The van der Waals surface area contributed by atoms with E-state index in [1.807, 2.05) is 24.3 Å². The predicted molar refractivity (Wildman–Crippen MR) is 133 cm³/mol. The molecule has 9 heteroatoms. The van der Waals surface area contributed by atoms with E-state index in [4.69, 9.17) is 21.1 Å². The molecule has 3 aliphatic rings. The van der Waals surface area contributed by atoms with Crippen molar-refractivity contribution in [2.45, 2.75) is 57.1 Å². The molecule has 0 aromatic heterocycles. The second kappa shape index (κ2) is 10.1. The Hall–Kier alpha value is -3.10. The lowest BCUT2D eigenvalue weighted by Gasteiger charge is -2.52. The lowest BCUT2D eigenvalue weighted by atomic mass is 9.62. The van der Waals surface area contributed by atoms with Crippen molar-refractivity contribution >= 4 is 23.4 Å². The van der Waals surface area contributed by atoms with Crippen molar-refractivity contribution in [3.63, 3.8) is 0 Å². The van der Waals surface area contributed by atoms with Crippen LogP contribution in [-0.2, 0) is 15.0 Å². The van der Waals surface area contributed by atoms with Crippen molar-refractivity contribution in [2.75, 3.05) is 13.2 Å². The smallest absolute Gasteiger partial charge is 0.262 e. The number of fused-ring (bicyclic) bond motifs is 2. The maximum atomic E-state index is 13.5. The Morgan fingerprint density at radius 1 is 1.06 bits per heavy atom. The van der Waals surface area contributed by atoms with E-state index in [9.17, 15) is 19.1 Å². The quantitative estimate of drug-likeness (QED) is 0.492. The molecule has 2 amide bonds. The van der Waals surface area contributed by atoms with Crippen LogP contribution >= 0.6 is 11.6 Å². The van der Waals surface area contributed by atoms with Gasteiger partial charge in [-0.05, 0) is 53.7 Å². The van der Waals surface area contributed by atoms with E-state index in [-0.39, 0.29) is 41.7 Å². The van der Waals surface area contributed by atoms with Crippen LogP contribution in [0.3, 0.4) is 0 Å². The lowest BCUT2D eigenvalue weighted by Crippen LogP contribution is -2.65. The van der Waals surface area contributed by atoms with E-state index >= 15 is 0 Å². The molecule has 0 unspecified atom stereocenters. The summed E-state index contributed by atoms with van der Waals surface area (Å²) in [6, 6.07) is 11.6. The van der Waals surface area contributed by atoms with E-state index < -0.39 is 23.4 Å².